The maximum Gasteiger partial charge on any atom is 0.219 e. The second kappa shape index (κ2) is 7.20. The van der Waals surface area contributed by atoms with Crippen molar-refractivity contribution >= 4 is 29.4 Å². The number of hydrogen-bond donors (Lipinski definition) is 0. The maximum absolute atomic E-state index is 2.28. The molecule has 1 aliphatic heterocycles. The molecule has 0 aromatic rings. The topological polar surface area (TPSA) is 0 Å². The van der Waals surface area contributed by atoms with Crippen LogP contribution in [0.4, 0.5) is 0 Å². The number of unbranched alkanes of at least 4 members (excludes halogenated alkanes) is 3. The summed E-state index contributed by atoms with van der Waals surface area (Å²) in [6.45, 7) is 2.28. The van der Waals surface area contributed by atoms with Gasteiger partial charge < -0.3 is 0 Å². The largest absolute Gasteiger partial charge is 0.219 e. The second-order valence-electron chi connectivity index (χ2n) is 3.42. The lowest BCUT2D eigenvalue weighted by atomic mass is 9.73. The van der Waals surface area contributed by atoms with E-state index in [1.54, 1.807) is 0 Å². The molecule has 0 aromatic heterocycles. The molecule has 0 radical (unpaired) electrons. The zero-order valence-corrected chi connectivity index (χ0v) is 9.68. The average Bonchev–Trinajstić information content (AvgIpc) is 2.14. The van der Waals surface area contributed by atoms with Gasteiger partial charge in [0.25, 0.3) is 0 Å². The highest BCUT2D eigenvalue weighted by molar-refractivity contribution is 8.29. The van der Waals surface area contributed by atoms with E-state index >= 15 is 0 Å². The van der Waals surface area contributed by atoms with Crippen molar-refractivity contribution in [2.24, 2.45) is 0 Å². The van der Waals surface area contributed by atoms with Crippen molar-refractivity contribution in [3.05, 3.63) is 0 Å². The van der Waals surface area contributed by atoms with Crippen LogP contribution in [0.1, 0.15) is 32.6 Å². The molecule has 0 spiro atoms. The van der Waals surface area contributed by atoms with Crippen LogP contribution in [0, 0.1) is 0 Å². The molecule has 1 heterocycles. The minimum absolute atomic E-state index is 0.987. The summed E-state index contributed by atoms with van der Waals surface area (Å²) in [6.07, 6.45) is 7.19. The molecule has 1 fully saturated rings. The fraction of sp³-hybridized carbons (Fsp3) is 1.00. The van der Waals surface area contributed by atoms with Gasteiger partial charge in [-0.05, 0) is 11.4 Å². The van der Waals surface area contributed by atoms with E-state index in [0.29, 0.717) is 0 Å². The normalized spacial score (nSPS) is 18.2. The molecule has 0 N–H and O–H groups in total. The van der Waals surface area contributed by atoms with Crippen molar-refractivity contribution < 1.29 is 0 Å². The van der Waals surface area contributed by atoms with Crippen molar-refractivity contribution in [3.63, 3.8) is 0 Å². The number of rotatable bonds is 5. The van der Waals surface area contributed by atoms with Crippen LogP contribution in [0.5, 0.6) is 0 Å². The summed E-state index contributed by atoms with van der Waals surface area (Å²) in [5.41, 5.74) is 1.41. The van der Waals surface area contributed by atoms with E-state index in [9.17, 15) is 0 Å². The Morgan fingerprint density at radius 2 is 2.08 bits per heavy atom. The van der Waals surface area contributed by atoms with E-state index in [1.807, 2.05) is 0 Å². The van der Waals surface area contributed by atoms with Gasteiger partial charge in [0.2, 0.25) is 5.99 Å². The highest BCUT2D eigenvalue weighted by Gasteiger charge is 2.17. The summed E-state index contributed by atoms with van der Waals surface area (Å²) in [4.78, 5) is 0. The van der Waals surface area contributed by atoms with Gasteiger partial charge in [0.05, 0.1) is 0 Å². The van der Waals surface area contributed by atoms with Crippen molar-refractivity contribution in [1.29, 1.82) is 0 Å². The molecule has 12 heavy (non-hydrogen) atoms. The first-order valence-electron chi connectivity index (χ1n) is 5.13. The third-order valence-corrected chi connectivity index (χ3v) is 5.18. The number of thioether (sulfide) groups is 1. The monoisotopic (exact) mass is 202 g/mol. The van der Waals surface area contributed by atoms with Gasteiger partial charge in [-0.25, -0.2) is 11.6 Å². The molecule has 0 unspecified atom stereocenters. The molecule has 1 aliphatic rings. The van der Waals surface area contributed by atoms with Gasteiger partial charge in [0.1, 0.15) is 0 Å². The van der Waals surface area contributed by atoms with Crippen molar-refractivity contribution in [2.45, 2.75) is 38.9 Å². The average molecular weight is 202 g/mol. The van der Waals surface area contributed by atoms with Crippen molar-refractivity contribution in [1.82, 2.24) is 0 Å². The predicted octanol–water partition coefficient (Wildman–Crippen LogP) is 3.58. The van der Waals surface area contributed by atoms with Gasteiger partial charge in [0, 0.05) is 5.75 Å². The summed E-state index contributed by atoms with van der Waals surface area (Å²) in [5.74, 6) is 3.76. The Balaban J connectivity index is 1.91. The van der Waals surface area contributed by atoms with Crippen LogP contribution < -0.4 is 0 Å². The Morgan fingerprint density at radius 3 is 2.75 bits per heavy atom. The Kier molecular flexibility index (Phi) is 6.50. The fourth-order valence-corrected chi connectivity index (χ4v) is 4.29. The van der Waals surface area contributed by atoms with Crippen LogP contribution in [0.15, 0.2) is 0 Å². The first kappa shape index (κ1) is 10.8. The van der Waals surface area contributed by atoms with Crippen molar-refractivity contribution in [2.75, 3.05) is 17.2 Å². The highest BCUT2D eigenvalue weighted by atomic mass is 32.2. The van der Waals surface area contributed by atoms with Gasteiger partial charge in [-0.2, -0.15) is 11.8 Å². The van der Waals surface area contributed by atoms with Gasteiger partial charge >= 0.3 is 0 Å². The van der Waals surface area contributed by atoms with Crippen LogP contribution in [-0.2, 0) is 0 Å². The van der Waals surface area contributed by atoms with E-state index in [2.05, 4.69) is 30.3 Å². The van der Waals surface area contributed by atoms with Crippen LogP contribution >= 0.6 is 23.4 Å². The standard InChI is InChI=1S/C9H19BS2/c1-2-3-4-5-6-10-9-11-7-8-12-10/h2-9H2,1H3. The summed E-state index contributed by atoms with van der Waals surface area (Å²) in [7, 11) is 0. The Morgan fingerprint density at radius 1 is 1.17 bits per heavy atom. The summed E-state index contributed by atoms with van der Waals surface area (Å²) in [5, 5.41) is 0. The molecule has 0 nitrogen and oxygen atoms in total. The zero-order valence-electron chi connectivity index (χ0n) is 8.05. The van der Waals surface area contributed by atoms with E-state index in [-0.39, 0.29) is 0 Å². The quantitative estimate of drug-likeness (QED) is 0.493. The minimum Gasteiger partial charge on any atom is -0.208 e. The summed E-state index contributed by atoms with van der Waals surface area (Å²) >= 11 is 4.35. The first-order chi connectivity index (χ1) is 5.93. The third-order valence-electron chi connectivity index (χ3n) is 2.26. The minimum atomic E-state index is 0.987. The SMILES string of the molecule is CCCCCCB1CSCCS1. The van der Waals surface area contributed by atoms with Crippen LogP contribution in [0.2, 0.25) is 6.32 Å². The summed E-state index contributed by atoms with van der Waals surface area (Å²) < 4.78 is 0. The van der Waals surface area contributed by atoms with Crippen molar-refractivity contribution in [3.8, 4) is 0 Å². The van der Waals surface area contributed by atoms with E-state index < -0.39 is 0 Å². The molecule has 70 valence electrons. The third kappa shape index (κ3) is 4.71. The lowest BCUT2D eigenvalue weighted by Gasteiger charge is -2.17. The van der Waals surface area contributed by atoms with Gasteiger partial charge in [0.15, 0.2) is 0 Å². The first-order valence-corrected chi connectivity index (χ1v) is 7.33. The molecule has 0 bridgehead atoms. The molecule has 0 saturated carbocycles. The molecule has 3 heteroatoms. The Labute approximate surface area is 85.6 Å². The van der Waals surface area contributed by atoms with E-state index in [4.69, 9.17) is 0 Å². The van der Waals surface area contributed by atoms with Gasteiger partial charge in [-0.1, -0.05) is 38.9 Å². The molecular weight excluding hydrogens is 183 g/mol. The summed E-state index contributed by atoms with van der Waals surface area (Å²) in [6, 6.07) is 0. The molecule has 0 aliphatic carbocycles. The molecular formula is C9H19BS2. The zero-order chi connectivity index (χ0) is 8.65. The Hall–Kier alpha value is 0.765. The predicted molar refractivity (Wildman–Crippen MR) is 64.5 cm³/mol. The van der Waals surface area contributed by atoms with Gasteiger partial charge in [-0.15, -0.1) is 0 Å². The van der Waals surface area contributed by atoms with Crippen LogP contribution in [0.25, 0.3) is 0 Å². The Bertz CT molecular complexity index is 103. The molecule has 0 aromatic carbocycles. The molecule has 1 saturated heterocycles. The fourth-order valence-electron chi connectivity index (χ4n) is 1.50. The number of hydrogen-bond acceptors (Lipinski definition) is 2. The van der Waals surface area contributed by atoms with E-state index in [0.717, 1.165) is 5.99 Å². The second-order valence-corrected chi connectivity index (χ2v) is 5.98. The molecule has 1 rings (SSSR count). The lowest BCUT2D eigenvalue weighted by Crippen LogP contribution is -2.18. The van der Waals surface area contributed by atoms with Gasteiger partial charge in [-0.3, -0.25) is 0 Å². The highest BCUT2D eigenvalue weighted by Crippen LogP contribution is 2.25. The van der Waals surface area contributed by atoms with E-state index in [1.165, 1.54) is 49.2 Å². The smallest absolute Gasteiger partial charge is 0.208 e. The molecule has 0 amide bonds. The lowest BCUT2D eigenvalue weighted by molar-refractivity contribution is 0.700. The van der Waals surface area contributed by atoms with Crippen LogP contribution in [-0.4, -0.2) is 23.1 Å². The maximum atomic E-state index is 2.28. The van der Waals surface area contributed by atoms with Crippen LogP contribution in [0.3, 0.4) is 0 Å². The molecule has 0 atom stereocenters.